The van der Waals surface area contributed by atoms with Crippen LogP contribution >= 0.6 is 0 Å². The van der Waals surface area contributed by atoms with Gasteiger partial charge in [0.05, 0.1) is 18.7 Å². The topological polar surface area (TPSA) is 117 Å². The molecule has 1 aromatic rings. The van der Waals surface area contributed by atoms with Gasteiger partial charge >= 0.3 is 5.97 Å². The van der Waals surface area contributed by atoms with Gasteiger partial charge in [-0.3, -0.25) is 9.69 Å². The molecule has 0 atom stereocenters. The summed E-state index contributed by atoms with van der Waals surface area (Å²) in [7, 11) is -3.13. The van der Waals surface area contributed by atoms with Crippen molar-refractivity contribution >= 4 is 16.0 Å². The quantitative estimate of drug-likeness (QED) is 0.714. The zero-order chi connectivity index (χ0) is 16.2. The van der Waals surface area contributed by atoms with Gasteiger partial charge in [-0.1, -0.05) is 5.16 Å². The minimum absolute atomic E-state index is 0.0464. The Morgan fingerprint density at radius 3 is 2.59 bits per heavy atom. The van der Waals surface area contributed by atoms with Gasteiger partial charge in [0.2, 0.25) is 15.9 Å². The maximum Gasteiger partial charge on any atom is 0.303 e. The summed E-state index contributed by atoms with van der Waals surface area (Å²) in [5.41, 5.74) is 0. The van der Waals surface area contributed by atoms with Crippen LogP contribution in [0.5, 0.6) is 0 Å². The van der Waals surface area contributed by atoms with Crippen LogP contribution < -0.4 is 0 Å². The van der Waals surface area contributed by atoms with E-state index in [4.69, 9.17) is 9.63 Å². The summed E-state index contributed by atoms with van der Waals surface area (Å²) in [6.45, 7) is 4.24. The van der Waals surface area contributed by atoms with Gasteiger partial charge in [0.1, 0.15) is 0 Å². The molecule has 0 amide bonds. The van der Waals surface area contributed by atoms with Gasteiger partial charge in [0.15, 0.2) is 5.82 Å². The Morgan fingerprint density at radius 1 is 1.32 bits per heavy atom. The molecule has 0 aromatic carbocycles. The first-order valence-electron chi connectivity index (χ1n) is 7.14. The molecule has 2 rings (SSSR count). The minimum atomic E-state index is -3.13. The molecular formula is C12H20N4O5S. The third-order valence-corrected chi connectivity index (χ3v) is 5.40. The Bertz CT molecular complexity index is 607. The number of carboxylic acid groups (broad SMARTS) is 1. The molecule has 0 spiro atoms. The number of aromatic nitrogens is 2. The van der Waals surface area contributed by atoms with E-state index in [9.17, 15) is 13.2 Å². The van der Waals surface area contributed by atoms with Crippen LogP contribution in [0.3, 0.4) is 0 Å². The SMILES string of the molecule is CCS(=O)(=O)N1CCN(Cc2noc(CCC(=O)O)n2)CC1. The molecule has 1 saturated heterocycles. The first kappa shape index (κ1) is 16.8. The Kier molecular flexibility index (Phi) is 5.48. The van der Waals surface area contributed by atoms with Crippen molar-refractivity contribution in [2.75, 3.05) is 31.9 Å². The van der Waals surface area contributed by atoms with Gasteiger partial charge in [-0.05, 0) is 6.92 Å². The van der Waals surface area contributed by atoms with Crippen LogP contribution in [-0.2, 0) is 27.8 Å². The molecule has 0 aliphatic carbocycles. The van der Waals surface area contributed by atoms with Gasteiger partial charge in [0, 0.05) is 32.6 Å². The zero-order valence-electron chi connectivity index (χ0n) is 12.4. The first-order chi connectivity index (χ1) is 10.4. The third kappa shape index (κ3) is 4.49. The van der Waals surface area contributed by atoms with E-state index < -0.39 is 16.0 Å². The Hall–Kier alpha value is -1.52. The van der Waals surface area contributed by atoms with Crippen molar-refractivity contribution in [3.8, 4) is 0 Å². The van der Waals surface area contributed by atoms with E-state index in [0.717, 1.165) is 0 Å². The van der Waals surface area contributed by atoms with E-state index in [2.05, 4.69) is 10.1 Å². The Balaban J connectivity index is 1.82. The number of hydrogen-bond donors (Lipinski definition) is 1. The van der Waals surface area contributed by atoms with Crippen molar-refractivity contribution in [3.05, 3.63) is 11.7 Å². The fraction of sp³-hybridized carbons (Fsp3) is 0.750. The van der Waals surface area contributed by atoms with Gasteiger partial charge in [-0.2, -0.15) is 9.29 Å². The van der Waals surface area contributed by atoms with Crippen molar-refractivity contribution in [2.45, 2.75) is 26.3 Å². The van der Waals surface area contributed by atoms with E-state index in [1.54, 1.807) is 6.92 Å². The molecule has 9 nitrogen and oxygen atoms in total. The number of carbonyl (C=O) groups is 1. The number of carboxylic acids is 1. The van der Waals surface area contributed by atoms with Gasteiger partial charge in [-0.25, -0.2) is 8.42 Å². The lowest BCUT2D eigenvalue weighted by atomic mass is 10.3. The number of aliphatic carboxylic acids is 1. The predicted octanol–water partition coefficient (Wildman–Crippen LogP) is -0.446. The highest BCUT2D eigenvalue weighted by molar-refractivity contribution is 7.89. The lowest BCUT2D eigenvalue weighted by Gasteiger charge is -2.32. The van der Waals surface area contributed by atoms with Crippen LogP contribution in [0, 0.1) is 0 Å². The van der Waals surface area contributed by atoms with Crippen LogP contribution in [-0.4, -0.2) is 70.8 Å². The summed E-state index contributed by atoms with van der Waals surface area (Å²) in [6.07, 6.45) is 0.167. The second-order valence-corrected chi connectivity index (χ2v) is 7.33. The van der Waals surface area contributed by atoms with Crippen LogP contribution in [0.2, 0.25) is 0 Å². The maximum atomic E-state index is 11.8. The highest BCUT2D eigenvalue weighted by atomic mass is 32.2. The summed E-state index contributed by atoms with van der Waals surface area (Å²) in [5, 5.41) is 12.4. The fourth-order valence-electron chi connectivity index (χ4n) is 2.22. The number of aryl methyl sites for hydroxylation is 1. The second kappa shape index (κ2) is 7.16. The minimum Gasteiger partial charge on any atom is -0.481 e. The molecule has 2 heterocycles. The summed E-state index contributed by atoms with van der Waals surface area (Å²) in [5.74, 6) is 0.00918. The molecule has 1 N–H and O–H groups in total. The average Bonchev–Trinajstić information content (AvgIpc) is 2.93. The number of piperazine rings is 1. The molecule has 1 aliphatic heterocycles. The number of sulfonamides is 1. The monoisotopic (exact) mass is 332 g/mol. The molecule has 22 heavy (non-hydrogen) atoms. The molecule has 0 bridgehead atoms. The predicted molar refractivity (Wildman–Crippen MR) is 76.6 cm³/mol. The van der Waals surface area contributed by atoms with Crippen molar-refractivity contribution in [1.82, 2.24) is 19.3 Å². The van der Waals surface area contributed by atoms with Gasteiger partial charge < -0.3 is 9.63 Å². The number of rotatable bonds is 7. The largest absolute Gasteiger partial charge is 0.481 e. The molecule has 0 unspecified atom stereocenters. The Labute approximate surface area is 128 Å². The van der Waals surface area contributed by atoms with Crippen molar-refractivity contribution < 1.29 is 22.8 Å². The lowest BCUT2D eigenvalue weighted by Crippen LogP contribution is -2.48. The van der Waals surface area contributed by atoms with E-state index in [1.165, 1.54) is 4.31 Å². The van der Waals surface area contributed by atoms with Crippen molar-refractivity contribution in [2.24, 2.45) is 0 Å². The van der Waals surface area contributed by atoms with E-state index in [1.807, 2.05) is 4.90 Å². The van der Waals surface area contributed by atoms with Crippen molar-refractivity contribution in [3.63, 3.8) is 0 Å². The summed E-state index contributed by atoms with van der Waals surface area (Å²) in [6, 6.07) is 0. The van der Waals surface area contributed by atoms with Crippen LogP contribution in [0.4, 0.5) is 0 Å². The summed E-state index contributed by atoms with van der Waals surface area (Å²) < 4.78 is 30.0. The highest BCUT2D eigenvalue weighted by Gasteiger charge is 2.26. The number of hydrogen-bond acceptors (Lipinski definition) is 7. The van der Waals surface area contributed by atoms with E-state index in [0.29, 0.717) is 44.4 Å². The van der Waals surface area contributed by atoms with E-state index >= 15 is 0 Å². The third-order valence-electron chi connectivity index (χ3n) is 3.52. The molecule has 1 aliphatic rings. The molecule has 124 valence electrons. The van der Waals surface area contributed by atoms with Crippen LogP contribution in [0.15, 0.2) is 4.52 Å². The molecule has 1 fully saturated rings. The van der Waals surface area contributed by atoms with Crippen molar-refractivity contribution in [1.29, 1.82) is 0 Å². The van der Waals surface area contributed by atoms with Gasteiger partial charge in [-0.15, -0.1) is 0 Å². The highest BCUT2D eigenvalue weighted by Crippen LogP contribution is 2.10. The molecule has 10 heteroatoms. The lowest BCUT2D eigenvalue weighted by molar-refractivity contribution is -0.137. The maximum absolute atomic E-state index is 11.8. The van der Waals surface area contributed by atoms with Crippen LogP contribution in [0.1, 0.15) is 25.1 Å². The normalized spacial score (nSPS) is 17.7. The molecule has 0 radical (unpaired) electrons. The molecular weight excluding hydrogens is 312 g/mol. The average molecular weight is 332 g/mol. The molecule has 0 saturated carbocycles. The fourth-order valence-corrected chi connectivity index (χ4v) is 3.30. The smallest absolute Gasteiger partial charge is 0.303 e. The number of nitrogens with zero attached hydrogens (tertiary/aromatic N) is 4. The van der Waals surface area contributed by atoms with E-state index in [-0.39, 0.29) is 18.6 Å². The summed E-state index contributed by atoms with van der Waals surface area (Å²) >= 11 is 0. The zero-order valence-corrected chi connectivity index (χ0v) is 13.3. The van der Waals surface area contributed by atoms with Gasteiger partial charge in [0.25, 0.3) is 0 Å². The standard InChI is InChI=1S/C12H20N4O5S/c1-2-22(19,20)16-7-5-15(6-8-16)9-10-13-11(21-14-10)3-4-12(17)18/h2-9H2,1H3,(H,17,18). The first-order valence-corrected chi connectivity index (χ1v) is 8.75. The molecule has 1 aromatic heterocycles. The Morgan fingerprint density at radius 2 is 2.00 bits per heavy atom. The second-order valence-electron chi connectivity index (χ2n) is 5.07. The van der Waals surface area contributed by atoms with Crippen LogP contribution in [0.25, 0.3) is 0 Å². The summed E-state index contributed by atoms with van der Waals surface area (Å²) in [4.78, 5) is 16.7.